The number of rotatable bonds is 6. The van der Waals surface area contributed by atoms with E-state index in [0.29, 0.717) is 43.6 Å². The summed E-state index contributed by atoms with van der Waals surface area (Å²) in [4.78, 5) is 14.9. The first-order valence-electron chi connectivity index (χ1n) is 9.28. The van der Waals surface area contributed by atoms with Crippen molar-refractivity contribution in [1.29, 1.82) is 0 Å². The molecule has 0 bridgehead atoms. The highest BCUT2D eigenvalue weighted by Crippen LogP contribution is 2.35. The lowest BCUT2D eigenvalue weighted by Gasteiger charge is -2.36. The number of piperazine rings is 1. The number of anilines is 1. The summed E-state index contributed by atoms with van der Waals surface area (Å²) >= 11 is 6.38. The normalized spacial score (nSPS) is 15.7. The van der Waals surface area contributed by atoms with Gasteiger partial charge in [-0.1, -0.05) is 24.6 Å². The fourth-order valence-corrected chi connectivity index (χ4v) is 4.72. The van der Waals surface area contributed by atoms with Crippen molar-refractivity contribution in [1.82, 2.24) is 14.7 Å². The van der Waals surface area contributed by atoms with Crippen LogP contribution in [0.25, 0.3) is 0 Å². The number of hydrogen-bond donors (Lipinski definition) is 0. The molecule has 1 aromatic heterocycles. The number of nitrogens with zero attached hydrogens (tertiary/aromatic N) is 5. The zero-order valence-corrected chi connectivity index (χ0v) is 18.2. The van der Waals surface area contributed by atoms with Crippen LogP contribution in [-0.4, -0.2) is 60.5 Å². The van der Waals surface area contributed by atoms with Crippen molar-refractivity contribution in [2.45, 2.75) is 24.8 Å². The first-order chi connectivity index (χ1) is 13.6. The molecule has 0 amide bonds. The van der Waals surface area contributed by atoms with Crippen molar-refractivity contribution in [3.8, 4) is 0 Å². The molecule has 1 aliphatic heterocycles. The first-order valence-corrected chi connectivity index (χ1v) is 11.6. The van der Waals surface area contributed by atoms with Gasteiger partial charge in [-0.15, -0.1) is 0 Å². The summed E-state index contributed by atoms with van der Waals surface area (Å²) in [5.41, 5.74) is 1.96. The predicted octanol–water partition coefficient (Wildman–Crippen LogP) is 2.27. The highest BCUT2D eigenvalue weighted by molar-refractivity contribution is 7.90. The average molecular weight is 442 g/mol. The van der Waals surface area contributed by atoms with Crippen LogP contribution in [0.15, 0.2) is 23.1 Å². The molecule has 1 aliphatic rings. The number of aromatic nitrogens is 2. The van der Waals surface area contributed by atoms with Crippen LogP contribution >= 0.6 is 11.6 Å². The molecule has 158 valence electrons. The highest BCUT2D eigenvalue weighted by Gasteiger charge is 2.30. The third-order valence-corrected chi connectivity index (χ3v) is 6.74. The Balaban J connectivity index is 1.79. The van der Waals surface area contributed by atoms with E-state index in [2.05, 4.69) is 10.00 Å². The Labute approximate surface area is 174 Å². The zero-order valence-electron chi connectivity index (χ0n) is 16.6. The monoisotopic (exact) mass is 441 g/mol. The van der Waals surface area contributed by atoms with Gasteiger partial charge in [-0.2, -0.15) is 5.10 Å². The highest BCUT2D eigenvalue weighted by atomic mass is 35.5. The van der Waals surface area contributed by atoms with Gasteiger partial charge in [-0.05, 0) is 18.6 Å². The molecular weight excluding hydrogens is 418 g/mol. The number of sulfone groups is 1. The van der Waals surface area contributed by atoms with Gasteiger partial charge < -0.3 is 4.90 Å². The lowest BCUT2D eigenvalue weighted by molar-refractivity contribution is -0.387. The molecule has 0 spiro atoms. The van der Waals surface area contributed by atoms with E-state index >= 15 is 0 Å². The molecule has 9 nitrogen and oxygen atoms in total. The van der Waals surface area contributed by atoms with E-state index < -0.39 is 14.8 Å². The molecule has 29 heavy (non-hydrogen) atoms. The summed E-state index contributed by atoms with van der Waals surface area (Å²) < 4.78 is 25.7. The summed E-state index contributed by atoms with van der Waals surface area (Å²) in [6.07, 6.45) is 1.78. The molecule has 11 heteroatoms. The molecule has 1 saturated heterocycles. The summed E-state index contributed by atoms with van der Waals surface area (Å²) in [5.74, 6) is 0. The maximum atomic E-state index is 12.0. The SMILES string of the molecule is CCc1nn(C)c(Cl)c1CN1CCN(c2cccc(S(C)(=O)=O)c2[N+](=O)[O-])CC1. The average Bonchev–Trinajstić information content (AvgIpc) is 2.95. The van der Waals surface area contributed by atoms with Crippen molar-refractivity contribution < 1.29 is 13.3 Å². The number of para-hydroxylation sites is 1. The van der Waals surface area contributed by atoms with Crippen LogP contribution < -0.4 is 4.90 Å². The Hall–Kier alpha value is -2.17. The van der Waals surface area contributed by atoms with Crippen molar-refractivity contribution in [3.63, 3.8) is 0 Å². The van der Waals surface area contributed by atoms with Gasteiger partial charge in [-0.3, -0.25) is 19.7 Å². The van der Waals surface area contributed by atoms with E-state index in [1.165, 1.54) is 6.07 Å². The van der Waals surface area contributed by atoms with Gasteiger partial charge in [0.1, 0.15) is 15.7 Å². The van der Waals surface area contributed by atoms with E-state index in [-0.39, 0.29) is 10.6 Å². The molecule has 0 N–H and O–H groups in total. The van der Waals surface area contributed by atoms with Gasteiger partial charge in [0.25, 0.3) is 0 Å². The third kappa shape index (κ3) is 4.39. The van der Waals surface area contributed by atoms with Gasteiger partial charge in [-0.25, -0.2) is 8.42 Å². The lowest BCUT2D eigenvalue weighted by Crippen LogP contribution is -2.46. The quantitative estimate of drug-likeness (QED) is 0.500. The Kier molecular flexibility index (Phi) is 6.16. The maximum absolute atomic E-state index is 12.0. The number of nitro benzene ring substituents is 1. The van der Waals surface area contributed by atoms with Crippen LogP contribution in [0.3, 0.4) is 0 Å². The van der Waals surface area contributed by atoms with Crippen LogP contribution in [-0.2, 0) is 29.9 Å². The molecule has 2 heterocycles. The van der Waals surface area contributed by atoms with Crippen molar-refractivity contribution in [2.75, 3.05) is 37.3 Å². The van der Waals surface area contributed by atoms with E-state index in [4.69, 9.17) is 11.6 Å². The largest absolute Gasteiger partial charge is 0.363 e. The van der Waals surface area contributed by atoms with Crippen molar-refractivity contribution >= 4 is 32.8 Å². The zero-order chi connectivity index (χ0) is 21.3. The fourth-order valence-electron chi connectivity index (χ4n) is 3.66. The molecule has 0 atom stereocenters. The van der Waals surface area contributed by atoms with Crippen LogP contribution in [0.4, 0.5) is 11.4 Å². The Morgan fingerprint density at radius 2 is 1.90 bits per heavy atom. The van der Waals surface area contributed by atoms with Crippen LogP contribution in [0.1, 0.15) is 18.2 Å². The summed E-state index contributed by atoms with van der Waals surface area (Å²) in [7, 11) is -1.89. The predicted molar refractivity (Wildman–Crippen MR) is 111 cm³/mol. The van der Waals surface area contributed by atoms with Crippen molar-refractivity contribution in [3.05, 3.63) is 44.7 Å². The fraction of sp³-hybridized carbons (Fsp3) is 0.500. The third-order valence-electron chi connectivity index (χ3n) is 5.14. The minimum absolute atomic E-state index is 0.253. The van der Waals surface area contributed by atoms with Crippen LogP contribution in [0.5, 0.6) is 0 Å². The van der Waals surface area contributed by atoms with Gasteiger partial charge in [0, 0.05) is 51.6 Å². The van der Waals surface area contributed by atoms with Gasteiger partial charge in [0.05, 0.1) is 10.6 Å². The Bertz CT molecular complexity index is 1030. The lowest BCUT2D eigenvalue weighted by atomic mass is 10.1. The van der Waals surface area contributed by atoms with Gasteiger partial charge in [0.15, 0.2) is 9.84 Å². The van der Waals surface area contributed by atoms with Crippen LogP contribution in [0.2, 0.25) is 5.15 Å². The van der Waals surface area contributed by atoms with Crippen LogP contribution in [0, 0.1) is 10.1 Å². The molecule has 1 fully saturated rings. The van der Waals surface area contributed by atoms with Gasteiger partial charge >= 0.3 is 5.69 Å². The molecule has 0 unspecified atom stereocenters. The second kappa shape index (κ2) is 8.29. The molecule has 2 aromatic rings. The molecule has 0 saturated carbocycles. The first kappa shape index (κ1) is 21.5. The minimum Gasteiger partial charge on any atom is -0.363 e. The number of benzene rings is 1. The summed E-state index contributed by atoms with van der Waals surface area (Å²) in [5, 5.41) is 16.7. The molecule has 0 radical (unpaired) electrons. The standard InChI is InChI=1S/C18H24ClN5O4S/c1-4-14-13(18(19)21(2)20-14)12-22-8-10-23(11-9-22)15-6-5-7-16(29(3,27)28)17(15)24(25)26/h5-7H,4,8-12H2,1-3H3. The Morgan fingerprint density at radius 1 is 1.24 bits per heavy atom. The number of nitro groups is 1. The topological polar surface area (TPSA) is 102 Å². The molecule has 1 aromatic carbocycles. The maximum Gasteiger partial charge on any atom is 0.311 e. The van der Waals surface area contributed by atoms with E-state index in [9.17, 15) is 18.5 Å². The molecule has 3 rings (SSSR count). The summed E-state index contributed by atoms with van der Waals surface area (Å²) in [6.45, 7) is 5.15. The molecular formula is C18H24ClN5O4S. The number of halogens is 1. The van der Waals surface area contributed by atoms with E-state index in [0.717, 1.165) is 23.9 Å². The van der Waals surface area contributed by atoms with Gasteiger partial charge in [0.2, 0.25) is 0 Å². The smallest absolute Gasteiger partial charge is 0.311 e. The van der Waals surface area contributed by atoms with E-state index in [1.807, 2.05) is 18.9 Å². The summed E-state index contributed by atoms with van der Waals surface area (Å²) in [6, 6.07) is 4.44. The van der Waals surface area contributed by atoms with E-state index in [1.54, 1.807) is 16.8 Å². The number of aryl methyl sites for hydroxylation is 2. The molecule has 0 aliphatic carbocycles. The second-order valence-corrected chi connectivity index (χ2v) is 9.45. The minimum atomic E-state index is -3.70. The Morgan fingerprint density at radius 3 is 2.45 bits per heavy atom. The van der Waals surface area contributed by atoms with Crippen molar-refractivity contribution in [2.24, 2.45) is 7.05 Å². The number of hydrogen-bond acceptors (Lipinski definition) is 7. The second-order valence-electron chi connectivity index (χ2n) is 7.11.